The van der Waals surface area contributed by atoms with E-state index < -0.39 is 12.0 Å². The first kappa shape index (κ1) is 15.7. The Kier molecular flexibility index (Phi) is 4.68. The summed E-state index contributed by atoms with van der Waals surface area (Å²) in [6.45, 7) is 4.00. The summed E-state index contributed by atoms with van der Waals surface area (Å²) < 4.78 is 5.47. The number of nitrogens with zero attached hydrogens (tertiary/aromatic N) is 2. The highest BCUT2D eigenvalue weighted by Gasteiger charge is 2.46. The molecule has 0 unspecified atom stereocenters. The van der Waals surface area contributed by atoms with Gasteiger partial charge in [0.1, 0.15) is 6.04 Å². The molecule has 1 N–H and O–H groups in total. The van der Waals surface area contributed by atoms with E-state index in [1.54, 1.807) is 0 Å². The van der Waals surface area contributed by atoms with Crippen LogP contribution in [0.25, 0.3) is 0 Å². The molecule has 1 saturated carbocycles. The predicted octanol–water partition coefficient (Wildman–Crippen LogP) is 0.951. The van der Waals surface area contributed by atoms with Gasteiger partial charge in [-0.05, 0) is 32.1 Å². The number of likely N-dealkylation sites (tertiary alicyclic amines) is 1. The number of aliphatic carboxylic acids is 1. The van der Waals surface area contributed by atoms with Crippen LogP contribution in [-0.4, -0.2) is 71.2 Å². The van der Waals surface area contributed by atoms with Gasteiger partial charge in [-0.15, -0.1) is 0 Å². The largest absolute Gasteiger partial charge is 0.480 e. The Hall–Kier alpha value is -1.14. The minimum Gasteiger partial charge on any atom is -0.480 e. The summed E-state index contributed by atoms with van der Waals surface area (Å²) in [5, 5.41) is 9.51. The zero-order chi connectivity index (χ0) is 15.7. The minimum absolute atomic E-state index is 0.0487. The third kappa shape index (κ3) is 3.13. The summed E-state index contributed by atoms with van der Waals surface area (Å²) in [6.07, 6.45) is 5.24. The van der Waals surface area contributed by atoms with Crippen molar-refractivity contribution < 1.29 is 19.4 Å². The molecule has 6 nitrogen and oxygen atoms in total. The van der Waals surface area contributed by atoms with E-state index in [9.17, 15) is 14.7 Å². The van der Waals surface area contributed by atoms with Gasteiger partial charge in [0.15, 0.2) is 0 Å². The topological polar surface area (TPSA) is 70.1 Å². The Labute approximate surface area is 131 Å². The summed E-state index contributed by atoms with van der Waals surface area (Å²) in [7, 11) is 0. The van der Waals surface area contributed by atoms with Crippen molar-refractivity contribution in [3.05, 3.63) is 0 Å². The molecule has 2 aliphatic heterocycles. The van der Waals surface area contributed by atoms with Crippen molar-refractivity contribution in [2.75, 3.05) is 26.2 Å². The fourth-order valence-electron chi connectivity index (χ4n) is 4.32. The van der Waals surface area contributed by atoms with E-state index in [-0.39, 0.29) is 24.6 Å². The number of carboxylic acid groups (broad SMARTS) is 1. The lowest BCUT2D eigenvalue weighted by Crippen LogP contribution is -2.52. The molecule has 0 spiro atoms. The van der Waals surface area contributed by atoms with E-state index >= 15 is 0 Å². The molecule has 3 fully saturated rings. The summed E-state index contributed by atoms with van der Waals surface area (Å²) >= 11 is 0. The van der Waals surface area contributed by atoms with Crippen LogP contribution in [0.4, 0.5) is 0 Å². The minimum atomic E-state index is -0.780. The molecular weight excluding hydrogens is 284 g/mol. The van der Waals surface area contributed by atoms with Crippen LogP contribution >= 0.6 is 0 Å². The zero-order valence-electron chi connectivity index (χ0n) is 13.2. The second-order valence-electron chi connectivity index (χ2n) is 6.90. The molecule has 3 aliphatic rings. The van der Waals surface area contributed by atoms with Crippen LogP contribution in [0.2, 0.25) is 0 Å². The normalized spacial score (nSPS) is 36.1. The number of carboxylic acids is 1. The molecule has 6 heteroatoms. The smallest absolute Gasteiger partial charge is 0.320 e. The van der Waals surface area contributed by atoms with Gasteiger partial charge in [0.2, 0.25) is 5.91 Å². The average molecular weight is 310 g/mol. The molecule has 0 bridgehead atoms. The quantitative estimate of drug-likeness (QED) is 0.840. The molecule has 2 saturated heterocycles. The lowest BCUT2D eigenvalue weighted by Gasteiger charge is -2.36. The molecule has 1 aliphatic carbocycles. The SMILES string of the molecule is C[C@@H]1CN(C(=O)CN2[C@@H]3CCCC[C@H]3C[C@H]2C(=O)O)CCO1. The van der Waals surface area contributed by atoms with Crippen molar-refractivity contribution in [2.45, 2.75) is 57.2 Å². The van der Waals surface area contributed by atoms with Crippen molar-refractivity contribution >= 4 is 11.9 Å². The first-order valence-corrected chi connectivity index (χ1v) is 8.44. The maximum Gasteiger partial charge on any atom is 0.320 e. The van der Waals surface area contributed by atoms with Gasteiger partial charge in [0.05, 0.1) is 19.3 Å². The number of morpholine rings is 1. The molecule has 0 aromatic heterocycles. The maximum absolute atomic E-state index is 12.6. The van der Waals surface area contributed by atoms with E-state index in [1.165, 1.54) is 6.42 Å². The number of amides is 1. The van der Waals surface area contributed by atoms with Gasteiger partial charge in [-0.1, -0.05) is 12.8 Å². The Morgan fingerprint density at radius 1 is 1.27 bits per heavy atom. The van der Waals surface area contributed by atoms with E-state index in [2.05, 4.69) is 0 Å². The van der Waals surface area contributed by atoms with Crippen LogP contribution in [0, 0.1) is 5.92 Å². The second-order valence-corrected chi connectivity index (χ2v) is 6.90. The molecule has 4 atom stereocenters. The molecule has 0 radical (unpaired) electrons. The lowest BCUT2D eigenvalue weighted by atomic mass is 9.85. The Morgan fingerprint density at radius 2 is 2.05 bits per heavy atom. The van der Waals surface area contributed by atoms with Crippen LogP contribution in [0.15, 0.2) is 0 Å². The van der Waals surface area contributed by atoms with Crippen molar-refractivity contribution in [3.8, 4) is 0 Å². The van der Waals surface area contributed by atoms with Crippen LogP contribution in [0.5, 0.6) is 0 Å². The number of ether oxygens (including phenoxy) is 1. The van der Waals surface area contributed by atoms with E-state index in [0.717, 1.165) is 19.3 Å². The van der Waals surface area contributed by atoms with Gasteiger partial charge in [-0.25, -0.2) is 0 Å². The highest BCUT2D eigenvalue weighted by atomic mass is 16.5. The standard InChI is InChI=1S/C16H26N2O4/c1-11-9-17(6-7-22-11)15(19)10-18-13-5-3-2-4-12(13)8-14(18)16(20)21/h11-14H,2-10H2,1H3,(H,20,21)/t11-,12+,13-,14+/m1/s1. The predicted molar refractivity (Wildman–Crippen MR) is 80.5 cm³/mol. The monoisotopic (exact) mass is 310 g/mol. The summed E-state index contributed by atoms with van der Waals surface area (Å²) in [6, 6.07) is -0.215. The van der Waals surface area contributed by atoms with Gasteiger partial charge in [0.25, 0.3) is 0 Å². The highest BCUT2D eigenvalue weighted by Crippen LogP contribution is 2.39. The van der Waals surface area contributed by atoms with E-state index in [1.807, 2.05) is 16.7 Å². The first-order chi connectivity index (χ1) is 10.6. The Balaban J connectivity index is 1.67. The fraction of sp³-hybridized carbons (Fsp3) is 0.875. The average Bonchev–Trinajstić information content (AvgIpc) is 2.86. The molecule has 0 aromatic carbocycles. The lowest BCUT2D eigenvalue weighted by molar-refractivity contribution is -0.146. The van der Waals surface area contributed by atoms with Crippen LogP contribution in [0.1, 0.15) is 39.0 Å². The second kappa shape index (κ2) is 6.54. The molecular formula is C16H26N2O4. The van der Waals surface area contributed by atoms with Gasteiger partial charge >= 0.3 is 5.97 Å². The van der Waals surface area contributed by atoms with Crippen LogP contribution in [0.3, 0.4) is 0 Å². The summed E-state index contributed by atoms with van der Waals surface area (Å²) in [5.74, 6) is -0.281. The summed E-state index contributed by atoms with van der Waals surface area (Å²) in [5.41, 5.74) is 0. The fourth-order valence-corrected chi connectivity index (χ4v) is 4.32. The van der Waals surface area contributed by atoms with Gasteiger partial charge < -0.3 is 14.7 Å². The number of carbonyl (C=O) groups excluding carboxylic acids is 1. The molecule has 0 aromatic rings. The van der Waals surface area contributed by atoms with Crippen LogP contribution < -0.4 is 0 Å². The van der Waals surface area contributed by atoms with Crippen molar-refractivity contribution in [1.29, 1.82) is 0 Å². The number of carbonyl (C=O) groups is 2. The molecule has 22 heavy (non-hydrogen) atoms. The summed E-state index contributed by atoms with van der Waals surface area (Å²) in [4.78, 5) is 27.9. The molecule has 3 rings (SSSR count). The first-order valence-electron chi connectivity index (χ1n) is 8.44. The maximum atomic E-state index is 12.6. The molecule has 2 heterocycles. The third-order valence-corrected chi connectivity index (χ3v) is 5.42. The van der Waals surface area contributed by atoms with Crippen molar-refractivity contribution in [1.82, 2.24) is 9.80 Å². The van der Waals surface area contributed by atoms with Gasteiger partial charge in [-0.2, -0.15) is 0 Å². The van der Waals surface area contributed by atoms with Gasteiger partial charge in [-0.3, -0.25) is 14.5 Å². The van der Waals surface area contributed by atoms with Crippen molar-refractivity contribution in [2.24, 2.45) is 5.92 Å². The Morgan fingerprint density at radius 3 is 2.77 bits per heavy atom. The van der Waals surface area contributed by atoms with E-state index in [4.69, 9.17) is 4.74 Å². The van der Waals surface area contributed by atoms with Crippen molar-refractivity contribution in [3.63, 3.8) is 0 Å². The number of rotatable bonds is 3. The third-order valence-electron chi connectivity index (χ3n) is 5.42. The van der Waals surface area contributed by atoms with Gasteiger partial charge in [0, 0.05) is 19.1 Å². The van der Waals surface area contributed by atoms with Crippen LogP contribution in [-0.2, 0) is 14.3 Å². The zero-order valence-corrected chi connectivity index (χ0v) is 13.2. The number of hydrogen-bond acceptors (Lipinski definition) is 4. The highest BCUT2D eigenvalue weighted by molar-refractivity contribution is 5.80. The molecule has 124 valence electrons. The number of hydrogen-bond donors (Lipinski definition) is 1. The number of fused-ring (bicyclic) bond motifs is 1. The Bertz CT molecular complexity index is 442. The molecule has 1 amide bonds. The van der Waals surface area contributed by atoms with E-state index in [0.29, 0.717) is 32.0 Å².